The normalized spacial score (nSPS) is 21.3. The molecule has 0 spiro atoms. The van der Waals surface area contributed by atoms with Crippen LogP contribution in [0.2, 0.25) is 0 Å². The van der Waals surface area contributed by atoms with E-state index in [-0.39, 0.29) is 12.1 Å². The van der Waals surface area contributed by atoms with Crippen LogP contribution >= 0.6 is 0 Å². The van der Waals surface area contributed by atoms with E-state index in [4.69, 9.17) is 16.0 Å². The predicted octanol–water partition coefficient (Wildman–Crippen LogP) is 3.38. The highest BCUT2D eigenvalue weighted by atomic mass is 16.5. The molecule has 0 N–H and O–H groups in total. The maximum absolute atomic E-state index is 11.6. The van der Waals surface area contributed by atoms with E-state index in [0.29, 0.717) is 18.8 Å². The number of hydrogen-bond acceptors (Lipinski definition) is 5. The molecule has 0 amide bonds. The smallest absolute Gasteiger partial charge is 0.338 e. The van der Waals surface area contributed by atoms with Crippen molar-refractivity contribution in [2.24, 2.45) is 0 Å². The van der Waals surface area contributed by atoms with Gasteiger partial charge in [-0.15, -0.1) is 0 Å². The Labute approximate surface area is 183 Å². The molecule has 6 nitrogen and oxygen atoms in total. The number of benzene rings is 2. The van der Waals surface area contributed by atoms with Gasteiger partial charge in [-0.3, -0.25) is 4.90 Å². The summed E-state index contributed by atoms with van der Waals surface area (Å²) in [7, 11) is 0. The zero-order valence-electron chi connectivity index (χ0n) is 17.7. The first-order valence-electron chi connectivity index (χ1n) is 11.1. The highest BCUT2D eigenvalue weighted by molar-refractivity contribution is 5.93. The van der Waals surface area contributed by atoms with Gasteiger partial charge in [-0.25, -0.2) is 9.64 Å². The van der Waals surface area contributed by atoms with Gasteiger partial charge in [0, 0.05) is 44.8 Å². The molecule has 1 atom stereocenters. The zero-order chi connectivity index (χ0) is 21.2. The minimum atomic E-state index is -0.201. The average molecular weight is 418 g/mol. The molecule has 5 rings (SSSR count). The van der Waals surface area contributed by atoms with E-state index < -0.39 is 0 Å². The molecule has 160 valence electrons. The molecule has 6 heteroatoms. The molecule has 3 aliphatic rings. The summed E-state index contributed by atoms with van der Waals surface area (Å²) < 4.78 is 11.2. The number of piperazine rings is 1. The minimum absolute atomic E-state index is 0.0633. The van der Waals surface area contributed by atoms with E-state index in [9.17, 15) is 4.79 Å². The molecule has 1 saturated heterocycles. The van der Waals surface area contributed by atoms with Gasteiger partial charge in [0.15, 0.2) is 5.69 Å². The maximum atomic E-state index is 11.6. The fraction of sp³-hybridized carbons (Fsp3) is 0.440. The highest BCUT2D eigenvalue weighted by Crippen LogP contribution is 2.34. The fourth-order valence-electron chi connectivity index (χ4n) is 4.87. The summed E-state index contributed by atoms with van der Waals surface area (Å²) >= 11 is 0. The predicted molar refractivity (Wildman–Crippen MR) is 117 cm³/mol. The summed E-state index contributed by atoms with van der Waals surface area (Å²) in [6.45, 7) is 14.6. The summed E-state index contributed by atoms with van der Waals surface area (Å²) in [5.74, 6) is -0.201. The molecule has 3 heterocycles. The van der Waals surface area contributed by atoms with Crippen molar-refractivity contribution in [3.8, 4) is 0 Å². The average Bonchev–Trinajstić information content (AvgIpc) is 3.18. The number of hydrogen-bond donors (Lipinski definition) is 0. The molecule has 2 aromatic rings. The Morgan fingerprint density at radius 3 is 2.77 bits per heavy atom. The van der Waals surface area contributed by atoms with Crippen LogP contribution in [0.5, 0.6) is 0 Å². The van der Waals surface area contributed by atoms with Crippen LogP contribution in [0.15, 0.2) is 36.4 Å². The Morgan fingerprint density at radius 1 is 1.10 bits per heavy atom. The molecule has 3 aliphatic heterocycles. The van der Waals surface area contributed by atoms with Gasteiger partial charge >= 0.3 is 5.97 Å². The fourth-order valence-corrected chi connectivity index (χ4v) is 4.87. The number of carbonyl (C=O) groups excluding carboxylic acids is 1. The standard InChI is InChI=1S/C25H27N3O3/c1-26-23-4-2-3-22-21(23)8-14-30-24(22)16-28-12-10-27(11-13-28)9-7-18-5-6-20-19(15-18)17-31-25(20)29/h2-6,15,24H,7-14,16-17H2. The Balaban J connectivity index is 1.13. The van der Waals surface area contributed by atoms with Gasteiger partial charge in [-0.2, -0.15) is 0 Å². The van der Waals surface area contributed by atoms with Crippen LogP contribution in [0.3, 0.4) is 0 Å². The van der Waals surface area contributed by atoms with Gasteiger partial charge in [0.05, 0.1) is 24.8 Å². The van der Waals surface area contributed by atoms with E-state index in [0.717, 1.165) is 63.4 Å². The molecule has 0 aromatic heterocycles. The molecule has 1 unspecified atom stereocenters. The van der Waals surface area contributed by atoms with Crippen molar-refractivity contribution in [1.29, 1.82) is 0 Å². The maximum Gasteiger partial charge on any atom is 0.338 e. The van der Waals surface area contributed by atoms with Gasteiger partial charge in [-0.1, -0.05) is 30.3 Å². The van der Waals surface area contributed by atoms with Crippen molar-refractivity contribution in [3.63, 3.8) is 0 Å². The molecule has 0 saturated carbocycles. The van der Waals surface area contributed by atoms with E-state index in [1.807, 2.05) is 18.2 Å². The largest absolute Gasteiger partial charge is 0.457 e. The first kappa shape index (κ1) is 20.2. The van der Waals surface area contributed by atoms with Crippen molar-refractivity contribution >= 4 is 11.7 Å². The first-order chi connectivity index (χ1) is 15.2. The number of ether oxygens (including phenoxy) is 2. The van der Waals surface area contributed by atoms with Crippen molar-refractivity contribution < 1.29 is 14.3 Å². The lowest BCUT2D eigenvalue weighted by atomic mass is 9.95. The quantitative estimate of drug-likeness (QED) is 0.551. The van der Waals surface area contributed by atoms with Gasteiger partial charge in [0.1, 0.15) is 6.61 Å². The Hall–Kier alpha value is -2.72. The van der Waals surface area contributed by atoms with E-state index in [1.165, 1.54) is 16.7 Å². The molecule has 0 radical (unpaired) electrons. The Bertz CT molecular complexity index is 1020. The molecule has 2 aromatic carbocycles. The first-order valence-corrected chi connectivity index (χ1v) is 11.1. The van der Waals surface area contributed by atoms with Gasteiger partial charge in [-0.05, 0) is 35.6 Å². The van der Waals surface area contributed by atoms with E-state index in [1.54, 1.807) is 0 Å². The third kappa shape index (κ3) is 4.22. The van der Waals surface area contributed by atoms with Gasteiger partial charge in [0.2, 0.25) is 0 Å². The molecule has 1 fully saturated rings. The lowest BCUT2D eigenvalue weighted by molar-refractivity contribution is 0.00485. The Kier molecular flexibility index (Phi) is 5.73. The van der Waals surface area contributed by atoms with E-state index in [2.05, 4.69) is 32.8 Å². The molecule has 31 heavy (non-hydrogen) atoms. The molecular formula is C25H27N3O3. The molecule has 0 bridgehead atoms. The number of nitrogens with zero attached hydrogens (tertiary/aromatic N) is 3. The van der Waals surface area contributed by atoms with Gasteiger partial charge in [0.25, 0.3) is 0 Å². The zero-order valence-corrected chi connectivity index (χ0v) is 17.7. The van der Waals surface area contributed by atoms with Crippen molar-refractivity contribution in [3.05, 3.63) is 75.6 Å². The van der Waals surface area contributed by atoms with Crippen LogP contribution in [-0.4, -0.2) is 61.6 Å². The minimum Gasteiger partial charge on any atom is -0.457 e. The van der Waals surface area contributed by atoms with Crippen molar-refractivity contribution in [1.82, 2.24) is 9.80 Å². The lowest BCUT2D eigenvalue weighted by Gasteiger charge is -2.37. The second-order valence-electron chi connectivity index (χ2n) is 8.53. The second-order valence-corrected chi connectivity index (χ2v) is 8.53. The summed E-state index contributed by atoms with van der Waals surface area (Å²) in [4.78, 5) is 20.3. The number of rotatable bonds is 5. The third-order valence-electron chi connectivity index (χ3n) is 6.68. The number of fused-ring (bicyclic) bond motifs is 2. The number of esters is 1. The summed E-state index contributed by atoms with van der Waals surface area (Å²) in [6.07, 6.45) is 1.88. The Morgan fingerprint density at radius 2 is 1.94 bits per heavy atom. The van der Waals surface area contributed by atoms with Crippen LogP contribution in [0.1, 0.15) is 38.7 Å². The summed E-state index contributed by atoms with van der Waals surface area (Å²) in [5.41, 5.74) is 6.14. The monoisotopic (exact) mass is 417 g/mol. The van der Waals surface area contributed by atoms with E-state index >= 15 is 0 Å². The lowest BCUT2D eigenvalue weighted by Crippen LogP contribution is -2.48. The third-order valence-corrected chi connectivity index (χ3v) is 6.68. The van der Waals surface area contributed by atoms with Crippen LogP contribution in [0.25, 0.3) is 4.85 Å². The van der Waals surface area contributed by atoms with Crippen molar-refractivity contribution in [2.45, 2.75) is 25.6 Å². The molecule has 0 aliphatic carbocycles. The number of carbonyl (C=O) groups is 1. The van der Waals surface area contributed by atoms with Crippen LogP contribution < -0.4 is 0 Å². The second kappa shape index (κ2) is 8.80. The topological polar surface area (TPSA) is 46.4 Å². The summed E-state index contributed by atoms with van der Waals surface area (Å²) in [6, 6.07) is 12.1. The van der Waals surface area contributed by atoms with Crippen LogP contribution in [0, 0.1) is 6.57 Å². The number of cyclic esters (lactones) is 1. The highest BCUT2D eigenvalue weighted by Gasteiger charge is 2.27. The van der Waals surface area contributed by atoms with Crippen LogP contribution in [-0.2, 0) is 28.9 Å². The van der Waals surface area contributed by atoms with Crippen molar-refractivity contribution in [2.75, 3.05) is 45.9 Å². The summed E-state index contributed by atoms with van der Waals surface area (Å²) in [5, 5.41) is 0. The van der Waals surface area contributed by atoms with Crippen LogP contribution in [0.4, 0.5) is 5.69 Å². The molecular weight excluding hydrogens is 390 g/mol. The SMILES string of the molecule is [C-]#[N+]c1cccc2c1CCOC2CN1CCN(CCc2ccc3c(c2)COC3=O)CC1. The van der Waals surface area contributed by atoms with Gasteiger partial charge < -0.3 is 14.4 Å².